The molecular formula is C6H12N2O3SSe. The van der Waals surface area contributed by atoms with E-state index in [4.69, 9.17) is 10.8 Å². The first-order chi connectivity index (χ1) is 6.02. The molecule has 13 heavy (non-hydrogen) atoms. The Kier molecular flexibility index (Phi) is 6.15. The van der Waals surface area contributed by atoms with Gasteiger partial charge in [-0.1, -0.05) is 0 Å². The van der Waals surface area contributed by atoms with E-state index in [0.717, 1.165) is 0 Å². The second-order valence-corrected chi connectivity index (χ2v) is 3.50. The monoisotopic (exact) mass is 272 g/mol. The molecule has 0 saturated heterocycles. The quantitative estimate of drug-likeness (QED) is 0.348. The van der Waals surface area contributed by atoms with Crippen molar-refractivity contribution >= 4 is 40.5 Å². The predicted molar refractivity (Wildman–Crippen MR) is 53.4 cm³/mol. The van der Waals surface area contributed by atoms with Crippen molar-refractivity contribution in [3.63, 3.8) is 0 Å². The van der Waals surface area contributed by atoms with Crippen LogP contribution in [0.5, 0.6) is 0 Å². The summed E-state index contributed by atoms with van der Waals surface area (Å²) in [5.41, 5.74) is 5.33. The van der Waals surface area contributed by atoms with Gasteiger partial charge in [-0.3, -0.25) is 0 Å². The number of amides is 1. The standard InChI is InChI=1S/C6H12N2O3SSe/c7-3(1-12)5(9)8-4(2-13)6(10)11/h3-4,12-13H,1-2,7H2,(H,8,9)(H,10,11)/t3-,4-/m0/s1. The van der Waals surface area contributed by atoms with Crippen LogP contribution in [0.2, 0.25) is 5.32 Å². The van der Waals surface area contributed by atoms with E-state index in [2.05, 4.69) is 34.0 Å². The number of aliphatic carboxylic acids is 1. The van der Waals surface area contributed by atoms with Crippen LogP contribution in [0.4, 0.5) is 0 Å². The van der Waals surface area contributed by atoms with Crippen LogP contribution in [0.1, 0.15) is 0 Å². The third-order valence-corrected chi connectivity index (χ3v) is 2.49. The molecule has 0 heterocycles. The Hall–Kier alpha value is -0.231. The molecule has 7 heteroatoms. The number of carbonyl (C=O) groups is 2. The van der Waals surface area contributed by atoms with Crippen LogP contribution in [-0.2, 0) is 9.59 Å². The first-order valence-electron chi connectivity index (χ1n) is 3.53. The second kappa shape index (κ2) is 6.26. The SMILES string of the molecule is N[C@@H](CS)C(=O)N[C@@H](C[SeH])C(=O)O. The Morgan fingerprint density at radius 2 is 2.15 bits per heavy atom. The number of carboxylic acid groups (broad SMARTS) is 1. The summed E-state index contributed by atoms with van der Waals surface area (Å²) in [7, 11) is 0. The van der Waals surface area contributed by atoms with Gasteiger partial charge in [0.15, 0.2) is 0 Å². The summed E-state index contributed by atoms with van der Waals surface area (Å²) in [6.07, 6.45) is 0. The van der Waals surface area contributed by atoms with Gasteiger partial charge in [-0.2, -0.15) is 0 Å². The van der Waals surface area contributed by atoms with Crippen LogP contribution >= 0.6 is 12.6 Å². The summed E-state index contributed by atoms with van der Waals surface area (Å²) < 4.78 is 0. The molecule has 1 amide bonds. The summed E-state index contributed by atoms with van der Waals surface area (Å²) in [5, 5.41) is 11.2. The fourth-order valence-corrected chi connectivity index (χ4v) is 1.23. The van der Waals surface area contributed by atoms with Crippen LogP contribution in [0.3, 0.4) is 0 Å². The molecule has 4 N–H and O–H groups in total. The zero-order valence-corrected chi connectivity index (χ0v) is 9.58. The number of rotatable bonds is 5. The van der Waals surface area contributed by atoms with Crippen LogP contribution in [-0.4, -0.2) is 50.8 Å². The number of hydrogen-bond donors (Lipinski definition) is 4. The fourth-order valence-electron chi connectivity index (χ4n) is 0.547. The number of carbonyl (C=O) groups excluding carboxylic acids is 1. The van der Waals surface area contributed by atoms with Crippen molar-refractivity contribution in [1.82, 2.24) is 5.32 Å². The van der Waals surface area contributed by atoms with Gasteiger partial charge in [-0.05, 0) is 0 Å². The molecule has 0 bridgehead atoms. The number of nitrogens with two attached hydrogens (primary N) is 1. The van der Waals surface area contributed by atoms with Crippen molar-refractivity contribution in [2.45, 2.75) is 17.4 Å². The summed E-state index contributed by atoms with van der Waals surface area (Å²) >= 11 is 5.92. The van der Waals surface area contributed by atoms with E-state index in [1.807, 2.05) is 0 Å². The molecular weight excluding hydrogens is 259 g/mol. The molecule has 2 atom stereocenters. The summed E-state index contributed by atoms with van der Waals surface area (Å²) in [5.74, 6) is -1.37. The van der Waals surface area contributed by atoms with Crippen molar-refractivity contribution in [1.29, 1.82) is 0 Å². The molecule has 0 saturated carbocycles. The van der Waals surface area contributed by atoms with E-state index in [1.54, 1.807) is 0 Å². The van der Waals surface area contributed by atoms with Crippen LogP contribution in [0, 0.1) is 0 Å². The van der Waals surface area contributed by atoms with E-state index >= 15 is 0 Å². The molecule has 0 aliphatic carbocycles. The second-order valence-electron chi connectivity index (χ2n) is 2.37. The van der Waals surface area contributed by atoms with Gasteiger partial charge in [-0.25, -0.2) is 0 Å². The van der Waals surface area contributed by atoms with E-state index in [1.165, 1.54) is 0 Å². The number of nitrogens with one attached hydrogen (secondary N) is 1. The molecule has 0 unspecified atom stereocenters. The van der Waals surface area contributed by atoms with Gasteiger partial charge in [0.2, 0.25) is 0 Å². The topological polar surface area (TPSA) is 92.4 Å². The molecule has 76 valence electrons. The molecule has 0 rings (SSSR count). The third-order valence-electron chi connectivity index (χ3n) is 1.33. The third kappa shape index (κ3) is 4.52. The Balaban J connectivity index is 4.09. The number of hydrogen-bond acceptors (Lipinski definition) is 4. The molecule has 0 aromatic carbocycles. The van der Waals surface area contributed by atoms with Crippen molar-refractivity contribution in [2.75, 3.05) is 5.75 Å². The van der Waals surface area contributed by atoms with Crippen molar-refractivity contribution in [3.8, 4) is 0 Å². The molecule has 5 nitrogen and oxygen atoms in total. The average molecular weight is 271 g/mol. The number of carboxylic acids is 1. The van der Waals surface area contributed by atoms with Gasteiger partial charge >= 0.3 is 89.4 Å². The summed E-state index contributed by atoms with van der Waals surface area (Å²) in [6, 6.07) is -1.65. The zero-order chi connectivity index (χ0) is 10.4. The maximum atomic E-state index is 11.1. The Bertz CT molecular complexity index is 202. The van der Waals surface area contributed by atoms with E-state index in [9.17, 15) is 9.59 Å². The Labute approximate surface area is 89.7 Å². The maximum absolute atomic E-state index is 11.1. The van der Waals surface area contributed by atoms with Crippen molar-refractivity contribution in [3.05, 3.63) is 0 Å². The molecule has 0 aromatic rings. The van der Waals surface area contributed by atoms with Gasteiger partial charge in [0.25, 0.3) is 0 Å². The molecule has 0 radical (unpaired) electrons. The van der Waals surface area contributed by atoms with Gasteiger partial charge in [0.05, 0.1) is 0 Å². The molecule has 0 aliphatic rings. The minimum absolute atomic E-state index is 0.191. The van der Waals surface area contributed by atoms with E-state index in [-0.39, 0.29) is 11.1 Å². The van der Waals surface area contributed by atoms with Gasteiger partial charge in [0.1, 0.15) is 0 Å². The first-order valence-corrected chi connectivity index (χ1v) is 5.49. The van der Waals surface area contributed by atoms with Crippen LogP contribution in [0.25, 0.3) is 0 Å². The molecule has 0 spiro atoms. The molecule has 0 aromatic heterocycles. The van der Waals surface area contributed by atoms with Crippen LogP contribution in [0.15, 0.2) is 0 Å². The first kappa shape index (κ1) is 12.8. The summed E-state index contributed by atoms with van der Waals surface area (Å²) in [4.78, 5) is 21.6. The predicted octanol–water partition coefficient (Wildman–Crippen LogP) is -1.87. The fraction of sp³-hybridized carbons (Fsp3) is 0.667. The minimum atomic E-state index is -1.07. The normalized spacial score (nSPS) is 14.7. The van der Waals surface area contributed by atoms with E-state index < -0.39 is 24.0 Å². The Morgan fingerprint density at radius 3 is 2.46 bits per heavy atom. The zero-order valence-electron chi connectivity index (χ0n) is 6.80. The van der Waals surface area contributed by atoms with Gasteiger partial charge in [0, 0.05) is 0 Å². The van der Waals surface area contributed by atoms with Crippen LogP contribution < -0.4 is 11.1 Å². The Morgan fingerprint density at radius 1 is 1.62 bits per heavy atom. The van der Waals surface area contributed by atoms with Gasteiger partial charge < -0.3 is 0 Å². The van der Waals surface area contributed by atoms with E-state index in [0.29, 0.717) is 0 Å². The molecule has 0 aliphatic heterocycles. The van der Waals surface area contributed by atoms with Gasteiger partial charge in [-0.15, -0.1) is 0 Å². The van der Waals surface area contributed by atoms with Crippen molar-refractivity contribution in [2.24, 2.45) is 5.73 Å². The summed E-state index contributed by atoms with van der Waals surface area (Å²) in [6.45, 7) is 0. The van der Waals surface area contributed by atoms with Crippen molar-refractivity contribution < 1.29 is 14.7 Å². The average Bonchev–Trinajstić information content (AvgIpc) is 2.11. The number of thiol groups is 1. The molecule has 0 fully saturated rings.